The summed E-state index contributed by atoms with van der Waals surface area (Å²) in [7, 11) is 0. The molecule has 0 aliphatic heterocycles. The first-order valence-electron chi connectivity index (χ1n) is 10.7. The van der Waals surface area contributed by atoms with Crippen LogP contribution in [0.15, 0.2) is 11.2 Å². The van der Waals surface area contributed by atoms with Crippen molar-refractivity contribution in [1.29, 1.82) is 0 Å². The van der Waals surface area contributed by atoms with E-state index in [9.17, 15) is 4.79 Å². The van der Waals surface area contributed by atoms with E-state index in [-0.39, 0.29) is 23.5 Å². The Bertz CT molecular complexity index is 727. The molecule has 29 heavy (non-hydrogen) atoms. The fourth-order valence-electron chi connectivity index (χ4n) is 5.65. The minimum Gasteiger partial charge on any atom is -0.477 e. The van der Waals surface area contributed by atoms with E-state index in [2.05, 4.69) is 36.1 Å². The average molecular weight is 420 g/mol. The van der Waals surface area contributed by atoms with Gasteiger partial charge in [0.1, 0.15) is 0 Å². The van der Waals surface area contributed by atoms with E-state index in [0.29, 0.717) is 23.5 Å². The first-order chi connectivity index (χ1) is 13.7. The van der Waals surface area contributed by atoms with Crippen molar-refractivity contribution in [3.05, 3.63) is 6.07 Å². The number of nitrogens with zero attached hydrogens (tertiary/aromatic N) is 2. The molecule has 4 bridgehead atoms. The zero-order valence-corrected chi connectivity index (χ0v) is 18.8. The molecule has 0 spiro atoms. The van der Waals surface area contributed by atoms with Crippen LogP contribution >= 0.6 is 11.8 Å². The lowest BCUT2D eigenvalue weighted by atomic mass is 9.53. The molecule has 7 heteroatoms. The second kappa shape index (κ2) is 7.97. The third kappa shape index (κ3) is 5.16. The van der Waals surface area contributed by atoms with Crippen LogP contribution in [0, 0.1) is 23.2 Å². The van der Waals surface area contributed by atoms with E-state index in [4.69, 9.17) is 9.47 Å². The van der Waals surface area contributed by atoms with Crippen LogP contribution in [-0.4, -0.2) is 40.9 Å². The molecule has 4 aliphatic rings. The molecule has 4 saturated carbocycles. The van der Waals surface area contributed by atoms with Crippen LogP contribution in [0.2, 0.25) is 0 Å². The highest BCUT2D eigenvalue weighted by Crippen LogP contribution is 2.55. The molecule has 4 aliphatic carbocycles. The highest BCUT2D eigenvalue weighted by molar-refractivity contribution is 7.98. The second-order valence-corrected chi connectivity index (χ2v) is 11.2. The van der Waals surface area contributed by atoms with Crippen LogP contribution < -0.4 is 14.8 Å². The lowest BCUT2D eigenvalue weighted by Crippen LogP contribution is -2.60. The van der Waals surface area contributed by atoms with Gasteiger partial charge in [-0.05, 0) is 67.9 Å². The normalized spacial score (nSPS) is 30.3. The Morgan fingerprint density at radius 1 is 1.10 bits per heavy atom. The number of amides is 1. The molecule has 0 unspecified atom stereocenters. The van der Waals surface area contributed by atoms with Gasteiger partial charge in [0.05, 0.1) is 12.7 Å². The lowest BCUT2D eigenvalue weighted by molar-refractivity contribution is -0.128. The summed E-state index contributed by atoms with van der Waals surface area (Å²) < 4.78 is 11.5. The Labute approximate surface area is 177 Å². The highest BCUT2D eigenvalue weighted by atomic mass is 32.2. The van der Waals surface area contributed by atoms with Gasteiger partial charge in [-0.15, -0.1) is 0 Å². The minimum absolute atomic E-state index is 0.00623. The van der Waals surface area contributed by atoms with Gasteiger partial charge in [-0.1, -0.05) is 32.5 Å². The third-order valence-corrected chi connectivity index (χ3v) is 6.84. The van der Waals surface area contributed by atoms with E-state index in [1.807, 2.05) is 6.26 Å². The first-order valence-corrected chi connectivity index (χ1v) is 11.9. The second-order valence-electron chi connectivity index (χ2n) is 10.4. The number of aromatic nitrogens is 2. The summed E-state index contributed by atoms with van der Waals surface area (Å²) in [4.78, 5) is 21.4. The molecule has 0 atom stereocenters. The van der Waals surface area contributed by atoms with Crippen molar-refractivity contribution < 1.29 is 14.3 Å². The topological polar surface area (TPSA) is 73.3 Å². The zero-order chi connectivity index (χ0) is 20.6. The molecule has 4 fully saturated rings. The summed E-state index contributed by atoms with van der Waals surface area (Å²) in [6.45, 7) is 6.84. The monoisotopic (exact) mass is 419 g/mol. The SMILES string of the molecule is CSc1nc(OCC(=O)NC23CC4CC(CC(C4)C2)C3)cc(OCC(C)(C)C)n1. The van der Waals surface area contributed by atoms with Crippen LogP contribution in [0.5, 0.6) is 11.8 Å². The third-order valence-electron chi connectivity index (χ3n) is 6.29. The number of thioether (sulfide) groups is 1. The van der Waals surface area contributed by atoms with Crippen molar-refractivity contribution in [1.82, 2.24) is 15.3 Å². The summed E-state index contributed by atoms with van der Waals surface area (Å²) in [5.74, 6) is 3.22. The molecule has 160 valence electrons. The number of carbonyl (C=O) groups excluding carboxylic acids is 1. The molecule has 1 aromatic rings. The molecule has 1 heterocycles. The lowest BCUT2D eigenvalue weighted by Gasteiger charge is -2.56. The summed E-state index contributed by atoms with van der Waals surface area (Å²) in [5.41, 5.74) is 0.0372. The summed E-state index contributed by atoms with van der Waals surface area (Å²) in [6, 6.07) is 1.67. The Balaban J connectivity index is 1.35. The fourth-order valence-corrected chi connectivity index (χ4v) is 6.01. The predicted molar refractivity (Wildman–Crippen MR) is 113 cm³/mol. The maximum absolute atomic E-state index is 12.7. The molecule has 1 aromatic heterocycles. The Hall–Kier alpha value is -1.50. The Morgan fingerprint density at radius 3 is 2.17 bits per heavy atom. The maximum Gasteiger partial charge on any atom is 0.258 e. The van der Waals surface area contributed by atoms with Gasteiger partial charge in [-0.2, -0.15) is 9.97 Å². The molecule has 1 N–H and O–H groups in total. The highest BCUT2D eigenvalue weighted by Gasteiger charge is 2.51. The smallest absolute Gasteiger partial charge is 0.258 e. The molecule has 0 aromatic carbocycles. The van der Waals surface area contributed by atoms with E-state index in [1.54, 1.807) is 6.07 Å². The van der Waals surface area contributed by atoms with Crippen LogP contribution in [0.4, 0.5) is 0 Å². The molecule has 0 saturated heterocycles. The van der Waals surface area contributed by atoms with E-state index >= 15 is 0 Å². The zero-order valence-electron chi connectivity index (χ0n) is 18.0. The number of ether oxygens (including phenoxy) is 2. The van der Waals surface area contributed by atoms with Crippen LogP contribution in [0.25, 0.3) is 0 Å². The van der Waals surface area contributed by atoms with Crippen LogP contribution in [0.3, 0.4) is 0 Å². The minimum atomic E-state index is -0.0478. The summed E-state index contributed by atoms with van der Waals surface area (Å²) in [5, 5.41) is 3.92. The van der Waals surface area contributed by atoms with Gasteiger partial charge in [0.2, 0.25) is 11.8 Å². The molecule has 6 nitrogen and oxygen atoms in total. The van der Waals surface area contributed by atoms with Crippen molar-refractivity contribution in [2.24, 2.45) is 23.2 Å². The van der Waals surface area contributed by atoms with Crippen molar-refractivity contribution in [2.75, 3.05) is 19.5 Å². The largest absolute Gasteiger partial charge is 0.477 e. The quantitative estimate of drug-likeness (QED) is 0.530. The van der Waals surface area contributed by atoms with Gasteiger partial charge < -0.3 is 14.8 Å². The average Bonchev–Trinajstić information content (AvgIpc) is 2.62. The summed E-state index contributed by atoms with van der Waals surface area (Å²) in [6.07, 6.45) is 9.41. The van der Waals surface area contributed by atoms with Gasteiger partial charge in [0.15, 0.2) is 11.8 Å². The molecule has 5 rings (SSSR count). The number of hydrogen-bond donors (Lipinski definition) is 1. The van der Waals surface area contributed by atoms with E-state index in [1.165, 1.54) is 31.0 Å². The van der Waals surface area contributed by atoms with E-state index in [0.717, 1.165) is 37.0 Å². The standard InChI is InChI=1S/C22H33N3O3S/c1-21(2,3)13-28-19-8-18(23-20(24-19)29-4)27-12-17(26)25-22-9-14-5-15(10-22)7-16(6-14)11-22/h8,14-16H,5-7,9-13H2,1-4H3,(H,25,26). The van der Waals surface area contributed by atoms with Gasteiger partial charge in [0.25, 0.3) is 5.91 Å². The number of nitrogens with one attached hydrogen (secondary N) is 1. The molecular formula is C22H33N3O3S. The number of rotatable bonds is 7. The first kappa shape index (κ1) is 20.8. The number of carbonyl (C=O) groups is 1. The predicted octanol–water partition coefficient (Wildman–Crippen LogP) is 4.09. The molecular weight excluding hydrogens is 386 g/mol. The number of hydrogen-bond acceptors (Lipinski definition) is 6. The van der Waals surface area contributed by atoms with E-state index < -0.39 is 0 Å². The Kier molecular flexibility index (Phi) is 5.70. The molecule has 1 amide bonds. The Morgan fingerprint density at radius 2 is 1.66 bits per heavy atom. The van der Waals surface area contributed by atoms with Gasteiger partial charge in [-0.3, -0.25) is 4.79 Å². The van der Waals surface area contributed by atoms with Crippen molar-refractivity contribution in [3.8, 4) is 11.8 Å². The van der Waals surface area contributed by atoms with Crippen molar-refractivity contribution >= 4 is 17.7 Å². The van der Waals surface area contributed by atoms with Gasteiger partial charge in [-0.25, -0.2) is 0 Å². The summed E-state index contributed by atoms with van der Waals surface area (Å²) >= 11 is 1.43. The van der Waals surface area contributed by atoms with Crippen LogP contribution in [-0.2, 0) is 4.79 Å². The fraction of sp³-hybridized carbons (Fsp3) is 0.773. The van der Waals surface area contributed by atoms with Gasteiger partial charge in [0, 0.05) is 5.54 Å². The van der Waals surface area contributed by atoms with Crippen LogP contribution in [0.1, 0.15) is 59.3 Å². The molecule has 0 radical (unpaired) electrons. The van der Waals surface area contributed by atoms with Gasteiger partial charge >= 0.3 is 0 Å². The van der Waals surface area contributed by atoms with Crippen molar-refractivity contribution in [2.45, 2.75) is 70.0 Å². The maximum atomic E-state index is 12.7. The van der Waals surface area contributed by atoms with Crippen molar-refractivity contribution in [3.63, 3.8) is 0 Å².